The van der Waals surface area contributed by atoms with E-state index in [1.165, 1.54) is 11.1 Å². The van der Waals surface area contributed by atoms with E-state index >= 15 is 0 Å². The van der Waals surface area contributed by atoms with Crippen LogP contribution in [-0.4, -0.2) is 11.4 Å². The van der Waals surface area contributed by atoms with Crippen LogP contribution in [0.3, 0.4) is 0 Å². The monoisotopic (exact) mass is 386 g/mol. The SMILES string of the molecule is CC1(N)CCCCC1C(=O)NC1CCc2c(Br)cccc21.Cl. The molecule has 3 N–H and O–H groups in total. The fourth-order valence-corrected chi connectivity index (χ4v) is 4.40. The summed E-state index contributed by atoms with van der Waals surface area (Å²) in [5, 5.41) is 3.25. The number of nitrogens with two attached hydrogens (primary N) is 1. The highest BCUT2D eigenvalue weighted by atomic mass is 79.9. The Morgan fingerprint density at radius 2 is 2.14 bits per heavy atom. The van der Waals surface area contributed by atoms with Crippen molar-refractivity contribution in [1.82, 2.24) is 5.32 Å². The van der Waals surface area contributed by atoms with Gasteiger partial charge in [0.25, 0.3) is 0 Å². The van der Waals surface area contributed by atoms with Gasteiger partial charge in [0.1, 0.15) is 0 Å². The van der Waals surface area contributed by atoms with Crippen LogP contribution in [0.4, 0.5) is 0 Å². The van der Waals surface area contributed by atoms with Crippen LogP contribution in [0.15, 0.2) is 22.7 Å². The van der Waals surface area contributed by atoms with E-state index in [0.29, 0.717) is 0 Å². The van der Waals surface area contributed by atoms with Crippen molar-refractivity contribution in [3.8, 4) is 0 Å². The van der Waals surface area contributed by atoms with E-state index in [4.69, 9.17) is 5.73 Å². The highest BCUT2D eigenvalue weighted by Gasteiger charge is 2.39. The number of nitrogens with one attached hydrogen (secondary N) is 1. The molecule has 3 atom stereocenters. The van der Waals surface area contributed by atoms with Crippen molar-refractivity contribution in [3.05, 3.63) is 33.8 Å². The lowest BCUT2D eigenvalue weighted by Crippen LogP contribution is -2.53. The van der Waals surface area contributed by atoms with Crippen LogP contribution >= 0.6 is 28.3 Å². The molecule has 0 bridgehead atoms. The van der Waals surface area contributed by atoms with Gasteiger partial charge in [0.05, 0.1) is 12.0 Å². The number of carbonyl (C=O) groups excluding carboxylic acids is 1. The molecule has 22 heavy (non-hydrogen) atoms. The van der Waals surface area contributed by atoms with Crippen LogP contribution in [0, 0.1) is 5.92 Å². The molecule has 0 spiro atoms. The van der Waals surface area contributed by atoms with E-state index in [1.807, 2.05) is 13.0 Å². The van der Waals surface area contributed by atoms with Crippen molar-refractivity contribution in [2.75, 3.05) is 0 Å². The molecule has 1 amide bonds. The van der Waals surface area contributed by atoms with E-state index in [0.717, 1.165) is 43.0 Å². The minimum atomic E-state index is -0.360. The van der Waals surface area contributed by atoms with Crippen LogP contribution in [-0.2, 0) is 11.2 Å². The number of benzene rings is 1. The largest absolute Gasteiger partial charge is 0.349 e. The molecule has 1 saturated carbocycles. The molecule has 0 radical (unpaired) electrons. The Balaban J connectivity index is 0.00000176. The molecule has 3 rings (SSSR count). The summed E-state index contributed by atoms with van der Waals surface area (Å²) in [6.07, 6.45) is 6.10. The van der Waals surface area contributed by atoms with Gasteiger partial charge >= 0.3 is 0 Å². The van der Waals surface area contributed by atoms with Gasteiger partial charge in [-0.05, 0) is 49.8 Å². The summed E-state index contributed by atoms with van der Waals surface area (Å²) in [6.45, 7) is 2.02. The zero-order valence-electron chi connectivity index (χ0n) is 12.9. The Labute approximate surface area is 147 Å². The molecule has 0 saturated heterocycles. The maximum absolute atomic E-state index is 12.7. The van der Waals surface area contributed by atoms with Crippen LogP contribution < -0.4 is 11.1 Å². The van der Waals surface area contributed by atoms with Crippen molar-refractivity contribution in [2.45, 2.75) is 57.0 Å². The molecular weight excluding hydrogens is 364 g/mol. The molecule has 1 fully saturated rings. The smallest absolute Gasteiger partial charge is 0.225 e. The number of carbonyl (C=O) groups is 1. The number of halogens is 2. The molecule has 5 heteroatoms. The zero-order chi connectivity index (χ0) is 15.0. The first-order valence-corrected chi connectivity index (χ1v) is 8.65. The minimum Gasteiger partial charge on any atom is -0.349 e. The number of rotatable bonds is 2. The third-order valence-electron chi connectivity index (χ3n) is 5.10. The first-order valence-electron chi connectivity index (χ1n) is 7.85. The summed E-state index contributed by atoms with van der Waals surface area (Å²) in [6, 6.07) is 6.38. The Kier molecular flexibility index (Phi) is 5.57. The van der Waals surface area contributed by atoms with Gasteiger partial charge in [-0.3, -0.25) is 4.79 Å². The van der Waals surface area contributed by atoms with Gasteiger partial charge < -0.3 is 11.1 Å². The number of fused-ring (bicyclic) bond motifs is 1. The van der Waals surface area contributed by atoms with Gasteiger partial charge in [-0.2, -0.15) is 0 Å². The number of hydrogen-bond acceptors (Lipinski definition) is 2. The third-order valence-corrected chi connectivity index (χ3v) is 5.84. The van der Waals surface area contributed by atoms with Gasteiger partial charge in [-0.25, -0.2) is 0 Å². The van der Waals surface area contributed by atoms with Crippen LogP contribution in [0.25, 0.3) is 0 Å². The molecule has 1 aromatic rings. The molecule has 3 unspecified atom stereocenters. The lowest BCUT2D eigenvalue weighted by Gasteiger charge is -2.37. The number of amides is 1. The second kappa shape index (κ2) is 6.90. The summed E-state index contributed by atoms with van der Waals surface area (Å²) in [5.74, 6) is 0.0833. The Morgan fingerprint density at radius 3 is 2.86 bits per heavy atom. The molecule has 0 aromatic heterocycles. The molecule has 0 heterocycles. The maximum atomic E-state index is 12.7. The van der Waals surface area contributed by atoms with Crippen molar-refractivity contribution in [3.63, 3.8) is 0 Å². The van der Waals surface area contributed by atoms with Crippen LogP contribution in [0.5, 0.6) is 0 Å². The van der Waals surface area contributed by atoms with E-state index in [-0.39, 0.29) is 35.8 Å². The summed E-state index contributed by atoms with van der Waals surface area (Å²) in [4.78, 5) is 12.7. The normalized spacial score (nSPS) is 30.3. The lowest BCUT2D eigenvalue weighted by molar-refractivity contribution is -0.128. The van der Waals surface area contributed by atoms with Crippen LogP contribution in [0.1, 0.15) is 56.2 Å². The third kappa shape index (κ3) is 3.34. The molecule has 3 nitrogen and oxygen atoms in total. The summed E-state index contributed by atoms with van der Waals surface area (Å²) >= 11 is 3.60. The van der Waals surface area contributed by atoms with Gasteiger partial charge in [0, 0.05) is 10.0 Å². The van der Waals surface area contributed by atoms with Crippen molar-refractivity contribution < 1.29 is 4.79 Å². The average molecular weight is 388 g/mol. The molecule has 122 valence electrons. The number of hydrogen-bond donors (Lipinski definition) is 2. The van der Waals surface area contributed by atoms with Crippen molar-refractivity contribution in [1.29, 1.82) is 0 Å². The van der Waals surface area contributed by atoms with E-state index in [9.17, 15) is 4.79 Å². The molecule has 2 aliphatic carbocycles. The first-order chi connectivity index (χ1) is 9.99. The Bertz CT molecular complexity index is 562. The second-order valence-electron chi connectivity index (χ2n) is 6.71. The molecule has 1 aromatic carbocycles. The van der Waals surface area contributed by atoms with Crippen molar-refractivity contribution in [2.24, 2.45) is 11.7 Å². The second-order valence-corrected chi connectivity index (χ2v) is 7.57. The maximum Gasteiger partial charge on any atom is 0.225 e. The zero-order valence-corrected chi connectivity index (χ0v) is 15.3. The van der Waals surface area contributed by atoms with Gasteiger partial charge in [0.15, 0.2) is 0 Å². The highest BCUT2D eigenvalue weighted by molar-refractivity contribution is 9.10. The van der Waals surface area contributed by atoms with Gasteiger partial charge in [-0.15, -0.1) is 12.4 Å². The Hall–Kier alpha value is -0.580. The van der Waals surface area contributed by atoms with Crippen molar-refractivity contribution >= 4 is 34.2 Å². The van der Waals surface area contributed by atoms with Crippen LogP contribution in [0.2, 0.25) is 0 Å². The van der Waals surface area contributed by atoms with Gasteiger partial charge in [-0.1, -0.05) is 40.9 Å². The quantitative estimate of drug-likeness (QED) is 0.809. The minimum absolute atomic E-state index is 0. The standard InChI is InChI=1S/C17H23BrN2O.ClH/c1-17(19)10-3-2-6-13(17)16(21)20-15-9-8-11-12(15)5-4-7-14(11)18;/h4-5,7,13,15H,2-3,6,8-10,19H2,1H3,(H,20,21);1H. The van der Waals surface area contributed by atoms with E-state index in [2.05, 4.69) is 33.4 Å². The Morgan fingerprint density at radius 1 is 1.36 bits per heavy atom. The topological polar surface area (TPSA) is 55.1 Å². The predicted molar refractivity (Wildman–Crippen MR) is 95.1 cm³/mol. The summed E-state index contributed by atoms with van der Waals surface area (Å²) < 4.78 is 1.15. The summed E-state index contributed by atoms with van der Waals surface area (Å²) in [7, 11) is 0. The predicted octanol–water partition coefficient (Wildman–Crippen LogP) is 3.88. The first kappa shape index (κ1) is 17.8. The summed E-state index contributed by atoms with van der Waals surface area (Å²) in [5.41, 5.74) is 8.58. The highest BCUT2D eigenvalue weighted by Crippen LogP contribution is 2.37. The van der Waals surface area contributed by atoms with Gasteiger partial charge in [0.2, 0.25) is 5.91 Å². The lowest BCUT2D eigenvalue weighted by atomic mass is 9.74. The molecular formula is C17H24BrClN2O. The van der Waals surface area contributed by atoms with E-state index < -0.39 is 0 Å². The van der Waals surface area contributed by atoms with E-state index in [1.54, 1.807) is 0 Å². The molecule has 2 aliphatic rings. The fraction of sp³-hybridized carbons (Fsp3) is 0.588. The molecule has 0 aliphatic heterocycles. The average Bonchev–Trinajstić information content (AvgIpc) is 2.83. The fourth-order valence-electron chi connectivity index (χ4n) is 3.82.